The van der Waals surface area contributed by atoms with Crippen LogP contribution in [0.15, 0.2) is 10.4 Å². The van der Waals surface area contributed by atoms with Crippen LogP contribution in [0.3, 0.4) is 0 Å². The van der Waals surface area contributed by atoms with Crippen LogP contribution in [-0.2, 0) is 9.05 Å². The summed E-state index contributed by atoms with van der Waals surface area (Å²) in [5.41, 5.74) is 0. The van der Waals surface area contributed by atoms with Crippen LogP contribution in [0.5, 0.6) is 0 Å². The number of aromatic nitrogens is 1. The molecule has 10 heavy (non-hydrogen) atoms. The van der Waals surface area contributed by atoms with E-state index >= 15 is 0 Å². The van der Waals surface area contributed by atoms with Crippen LogP contribution < -0.4 is 0 Å². The quantitative estimate of drug-likeness (QED) is 0.639. The highest BCUT2D eigenvalue weighted by molar-refractivity contribution is 8.13. The summed E-state index contributed by atoms with van der Waals surface area (Å²) >= 11 is 1.26. The van der Waals surface area contributed by atoms with Gasteiger partial charge in [0.05, 0.1) is 5.01 Å². The number of hydrogen-bond acceptors (Lipinski definition) is 4. The Labute approximate surface area is 67.1 Å². The van der Waals surface area contributed by atoms with E-state index in [-0.39, 0.29) is 5.03 Å². The topological polar surface area (TPSA) is 47.0 Å². The van der Waals surface area contributed by atoms with Crippen molar-refractivity contribution in [1.29, 1.82) is 0 Å². The largest absolute Gasteiger partial charge is 0.279 e. The molecule has 0 unspecified atom stereocenters. The minimum Gasteiger partial charge on any atom is -0.229 e. The molecular formula is C4H4ClNO2S2. The van der Waals surface area contributed by atoms with Gasteiger partial charge in [0.2, 0.25) is 0 Å². The van der Waals surface area contributed by atoms with Gasteiger partial charge in [0, 0.05) is 16.1 Å². The van der Waals surface area contributed by atoms with Gasteiger partial charge in [0.15, 0.2) is 5.03 Å². The molecule has 0 radical (unpaired) electrons. The van der Waals surface area contributed by atoms with E-state index in [4.69, 9.17) is 10.7 Å². The fourth-order valence-electron chi connectivity index (χ4n) is 0.456. The third-order valence-electron chi connectivity index (χ3n) is 0.848. The third-order valence-corrected chi connectivity index (χ3v) is 2.95. The molecule has 6 heteroatoms. The first-order chi connectivity index (χ1) is 4.50. The predicted octanol–water partition coefficient (Wildman–Crippen LogP) is 1.38. The van der Waals surface area contributed by atoms with E-state index in [1.165, 1.54) is 16.7 Å². The standard InChI is InChI=1S/C4H4ClNO2S2/c1-3-6-4(2-9-3)10(5,7)8/h2H,1H3. The lowest BCUT2D eigenvalue weighted by Gasteiger charge is -1.83. The molecule has 0 aliphatic heterocycles. The number of aryl methyl sites for hydroxylation is 1. The van der Waals surface area contributed by atoms with Gasteiger partial charge in [0.25, 0.3) is 9.05 Å². The molecule has 0 amide bonds. The zero-order chi connectivity index (χ0) is 7.78. The first-order valence-corrected chi connectivity index (χ1v) is 5.56. The molecular weight excluding hydrogens is 194 g/mol. The maximum Gasteiger partial charge on any atom is 0.279 e. The summed E-state index contributed by atoms with van der Waals surface area (Å²) < 4.78 is 21.1. The average molecular weight is 198 g/mol. The second-order valence-electron chi connectivity index (χ2n) is 1.64. The summed E-state index contributed by atoms with van der Waals surface area (Å²) in [6, 6.07) is 0. The second-order valence-corrected chi connectivity index (χ2v) is 5.22. The van der Waals surface area contributed by atoms with Crippen LogP contribution >= 0.6 is 22.0 Å². The molecule has 0 aromatic carbocycles. The van der Waals surface area contributed by atoms with Gasteiger partial charge in [-0.25, -0.2) is 13.4 Å². The van der Waals surface area contributed by atoms with Crippen molar-refractivity contribution in [2.45, 2.75) is 11.9 Å². The van der Waals surface area contributed by atoms with Crippen molar-refractivity contribution >= 4 is 31.1 Å². The average Bonchev–Trinajstić information content (AvgIpc) is 2.11. The van der Waals surface area contributed by atoms with Crippen LogP contribution in [0, 0.1) is 6.92 Å². The summed E-state index contributed by atoms with van der Waals surface area (Å²) in [5.74, 6) is 0. The Bertz CT molecular complexity index is 329. The maximum absolute atomic E-state index is 10.6. The monoisotopic (exact) mass is 197 g/mol. The molecule has 0 saturated heterocycles. The van der Waals surface area contributed by atoms with Crippen molar-refractivity contribution < 1.29 is 8.42 Å². The van der Waals surface area contributed by atoms with Gasteiger partial charge in [-0.15, -0.1) is 11.3 Å². The highest BCUT2D eigenvalue weighted by Gasteiger charge is 2.12. The van der Waals surface area contributed by atoms with Crippen LogP contribution in [0.2, 0.25) is 0 Å². The normalized spacial score (nSPS) is 11.8. The molecule has 0 aliphatic carbocycles. The lowest BCUT2D eigenvalue weighted by molar-refractivity contribution is 0.606. The molecule has 56 valence electrons. The van der Waals surface area contributed by atoms with Gasteiger partial charge in [-0.2, -0.15) is 0 Å². The Morgan fingerprint density at radius 3 is 2.50 bits per heavy atom. The van der Waals surface area contributed by atoms with Crippen molar-refractivity contribution in [3.05, 3.63) is 10.4 Å². The van der Waals surface area contributed by atoms with Crippen molar-refractivity contribution in [1.82, 2.24) is 4.98 Å². The molecule has 0 bridgehead atoms. The number of rotatable bonds is 1. The van der Waals surface area contributed by atoms with Crippen LogP contribution in [0.25, 0.3) is 0 Å². The Morgan fingerprint density at radius 2 is 2.30 bits per heavy atom. The third kappa shape index (κ3) is 1.68. The number of nitrogens with zero attached hydrogens (tertiary/aromatic N) is 1. The highest BCUT2D eigenvalue weighted by atomic mass is 35.7. The van der Waals surface area contributed by atoms with Crippen LogP contribution in [-0.4, -0.2) is 13.4 Å². The van der Waals surface area contributed by atoms with Gasteiger partial charge in [-0.3, -0.25) is 0 Å². The van der Waals surface area contributed by atoms with Crippen molar-refractivity contribution in [2.24, 2.45) is 0 Å². The van der Waals surface area contributed by atoms with Gasteiger partial charge in [-0.05, 0) is 6.92 Å². The molecule has 3 nitrogen and oxygen atoms in total. The molecule has 1 heterocycles. The summed E-state index contributed by atoms with van der Waals surface area (Å²) in [7, 11) is 1.38. The Morgan fingerprint density at radius 1 is 1.70 bits per heavy atom. The van der Waals surface area contributed by atoms with E-state index in [0.29, 0.717) is 5.01 Å². The first kappa shape index (κ1) is 7.97. The Hall–Kier alpha value is -0.130. The lowest BCUT2D eigenvalue weighted by Crippen LogP contribution is -1.89. The summed E-state index contributed by atoms with van der Waals surface area (Å²) in [4.78, 5) is 3.68. The predicted molar refractivity (Wildman–Crippen MR) is 39.9 cm³/mol. The Kier molecular flexibility index (Phi) is 1.98. The molecule has 0 spiro atoms. The van der Waals surface area contributed by atoms with E-state index in [0.717, 1.165) is 0 Å². The van der Waals surface area contributed by atoms with Crippen molar-refractivity contribution in [3.63, 3.8) is 0 Å². The summed E-state index contributed by atoms with van der Waals surface area (Å²) in [6.07, 6.45) is 0. The fourth-order valence-corrected chi connectivity index (χ4v) is 2.27. The second kappa shape index (κ2) is 2.48. The minimum absolute atomic E-state index is 0.0586. The fraction of sp³-hybridized carbons (Fsp3) is 0.250. The zero-order valence-electron chi connectivity index (χ0n) is 5.04. The van der Waals surface area contributed by atoms with E-state index in [1.807, 2.05) is 0 Å². The van der Waals surface area contributed by atoms with Crippen molar-refractivity contribution in [3.8, 4) is 0 Å². The van der Waals surface area contributed by atoms with Gasteiger partial charge < -0.3 is 0 Å². The Balaban J connectivity index is 3.21. The maximum atomic E-state index is 10.6. The number of thiazole rings is 1. The highest BCUT2D eigenvalue weighted by Crippen LogP contribution is 2.16. The minimum atomic E-state index is -3.61. The molecule has 0 atom stereocenters. The lowest BCUT2D eigenvalue weighted by atomic mass is 10.8. The van der Waals surface area contributed by atoms with E-state index in [2.05, 4.69) is 4.98 Å². The van der Waals surface area contributed by atoms with Gasteiger partial charge in [-0.1, -0.05) is 0 Å². The molecule has 1 aromatic rings. The molecule has 0 N–H and O–H groups in total. The molecule has 1 aromatic heterocycles. The SMILES string of the molecule is Cc1nc(S(=O)(=O)Cl)cs1. The van der Waals surface area contributed by atoms with Gasteiger partial charge >= 0.3 is 0 Å². The van der Waals surface area contributed by atoms with Crippen LogP contribution in [0.4, 0.5) is 0 Å². The van der Waals surface area contributed by atoms with Crippen LogP contribution in [0.1, 0.15) is 5.01 Å². The number of halogens is 1. The van der Waals surface area contributed by atoms with E-state index in [9.17, 15) is 8.42 Å². The van der Waals surface area contributed by atoms with E-state index in [1.54, 1.807) is 6.92 Å². The molecule has 0 aliphatic rings. The van der Waals surface area contributed by atoms with Crippen molar-refractivity contribution in [2.75, 3.05) is 0 Å². The molecule has 0 fully saturated rings. The number of hydrogen-bond donors (Lipinski definition) is 0. The van der Waals surface area contributed by atoms with Gasteiger partial charge in [0.1, 0.15) is 0 Å². The van der Waals surface area contributed by atoms with E-state index < -0.39 is 9.05 Å². The summed E-state index contributed by atoms with van der Waals surface area (Å²) in [5, 5.41) is 2.05. The summed E-state index contributed by atoms with van der Waals surface area (Å²) in [6.45, 7) is 1.72. The molecule has 0 saturated carbocycles. The first-order valence-electron chi connectivity index (χ1n) is 2.37. The molecule has 1 rings (SSSR count). The smallest absolute Gasteiger partial charge is 0.229 e. The zero-order valence-corrected chi connectivity index (χ0v) is 7.42.